The Balaban J connectivity index is 1.44. The fraction of sp³-hybridized carbons (Fsp3) is 0.222. The van der Waals surface area contributed by atoms with Gasteiger partial charge in [-0.2, -0.15) is 4.98 Å². The van der Waals surface area contributed by atoms with Gasteiger partial charge in [-0.1, -0.05) is 16.8 Å². The molecule has 0 aliphatic carbocycles. The molecule has 4 rings (SSSR count). The maximum Gasteiger partial charge on any atom is 0.420 e. The number of halogens is 1. The number of fused-ring (bicyclic) bond motifs is 1. The Bertz CT molecular complexity index is 1210. The number of benzene rings is 1. The van der Waals surface area contributed by atoms with E-state index in [9.17, 15) is 9.59 Å². The second kappa shape index (κ2) is 7.61. The zero-order chi connectivity index (χ0) is 19.7. The van der Waals surface area contributed by atoms with E-state index in [1.807, 2.05) is 18.4 Å². The lowest BCUT2D eigenvalue weighted by atomic mass is 10.2. The maximum atomic E-state index is 12.2. The summed E-state index contributed by atoms with van der Waals surface area (Å²) in [4.78, 5) is 29.5. The van der Waals surface area contributed by atoms with Crippen molar-refractivity contribution in [3.05, 3.63) is 67.4 Å². The van der Waals surface area contributed by atoms with Crippen molar-refractivity contribution in [1.29, 1.82) is 0 Å². The van der Waals surface area contributed by atoms with E-state index in [4.69, 9.17) is 20.5 Å². The van der Waals surface area contributed by atoms with Crippen LogP contribution in [0.1, 0.15) is 27.0 Å². The van der Waals surface area contributed by atoms with Crippen LogP contribution in [0.25, 0.3) is 11.1 Å². The van der Waals surface area contributed by atoms with Gasteiger partial charge in [0.15, 0.2) is 11.4 Å². The van der Waals surface area contributed by atoms with E-state index < -0.39 is 11.7 Å². The average molecular weight is 419 g/mol. The highest BCUT2D eigenvalue weighted by Crippen LogP contribution is 2.19. The molecule has 0 radical (unpaired) electrons. The average Bonchev–Trinajstić information content (AvgIpc) is 3.37. The molecule has 0 saturated carbocycles. The monoisotopic (exact) mass is 418 g/mol. The van der Waals surface area contributed by atoms with Crippen LogP contribution in [0.3, 0.4) is 0 Å². The standard InChI is InChI=1S/C18H15ClN4O4S/c1-10-5-7-28-14(10)4-6-20-16(24)17-21-15(22-27-17)9-23-12-8-11(19)2-3-13(12)26-18(23)25/h2-3,5,7-8H,4,6,9H2,1H3,(H,20,24). The van der Waals surface area contributed by atoms with Crippen molar-refractivity contribution < 1.29 is 13.7 Å². The quantitative estimate of drug-likeness (QED) is 0.516. The van der Waals surface area contributed by atoms with Crippen LogP contribution in [0.4, 0.5) is 0 Å². The van der Waals surface area contributed by atoms with Gasteiger partial charge < -0.3 is 14.3 Å². The zero-order valence-electron chi connectivity index (χ0n) is 14.8. The smallest absolute Gasteiger partial charge is 0.408 e. The number of hydrogen-bond acceptors (Lipinski definition) is 7. The number of oxazole rings is 1. The highest BCUT2D eigenvalue weighted by atomic mass is 35.5. The van der Waals surface area contributed by atoms with Crippen molar-refractivity contribution in [1.82, 2.24) is 20.0 Å². The number of nitrogens with one attached hydrogen (secondary N) is 1. The van der Waals surface area contributed by atoms with Crippen molar-refractivity contribution in [3.63, 3.8) is 0 Å². The van der Waals surface area contributed by atoms with Gasteiger partial charge in [-0.15, -0.1) is 11.3 Å². The molecule has 0 unspecified atom stereocenters. The fourth-order valence-corrected chi connectivity index (χ4v) is 3.84. The van der Waals surface area contributed by atoms with Crippen LogP contribution in [0.15, 0.2) is 43.4 Å². The number of carbonyl (C=O) groups is 1. The van der Waals surface area contributed by atoms with Crippen molar-refractivity contribution in [2.24, 2.45) is 0 Å². The summed E-state index contributed by atoms with van der Waals surface area (Å²) < 4.78 is 11.5. The number of aromatic nitrogens is 3. The Morgan fingerprint density at radius 2 is 2.21 bits per heavy atom. The van der Waals surface area contributed by atoms with Gasteiger partial charge in [0.1, 0.15) is 0 Å². The molecule has 0 bridgehead atoms. The van der Waals surface area contributed by atoms with Crippen LogP contribution in [-0.4, -0.2) is 27.2 Å². The molecular formula is C18H15ClN4O4S. The molecular weight excluding hydrogens is 404 g/mol. The molecule has 1 amide bonds. The molecule has 0 saturated heterocycles. The Morgan fingerprint density at radius 3 is 3.00 bits per heavy atom. The van der Waals surface area contributed by atoms with Gasteiger partial charge >= 0.3 is 17.6 Å². The van der Waals surface area contributed by atoms with Crippen molar-refractivity contribution >= 4 is 39.9 Å². The van der Waals surface area contributed by atoms with E-state index in [1.54, 1.807) is 29.5 Å². The lowest BCUT2D eigenvalue weighted by Crippen LogP contribution is -2.26. The largest absolute Gasteiger partial charge is 0.420 e. The maximum absolute atomic E-state index is 12.2. The number of rotatable bonds is 6. The van der Waals surface area contributed by atoms with Crippen molar-refractivity contribution in [2.75, 3.05) is 6.54 Å². The van der Waals surface area contributed by atoms with Gasteiger partial charge in [0.05, 0.1) is 12.1 Å². The van der Waals surface area contributed by atoms with E-state index in [-0.39, 0.29) is 18.3 Å². The predicted octanol–water partition coefficient (Wildman–Crippen LogP) is 3.02. The number of thiophene rings is 1. The fourth-order valence-electron chi connectivity index (χ4n) is 2.76. The second-order valence-corrected chi connectivity index (χ2v) is 7.55. The minimum Gasteiger partial charge on any atom is -0.408 e. The predicted molar refractivity (Wildman–Crippen MR) is 104 cm³/mol. The molecule has 3 aromatic heterocycles. The summed E-state index contributed by atoms with van der Waals surface area (Å²) >= 11 is 7.64. The lowest BCUT2D eigenvalue weighted by Gasteiger charge is -2.01. The molecule has 0 fully saturated rings. The van der Waals surface area contributed by atoms with Crippen LogP contribution >= 0.6 is 22.9 Å². The Kier molecular flexibility index (Phi) is 5.01. The van der Waals surface area contributed by atoms with Crippen LogP contribution in [0.2, 0.25) is 5.02 Å². The molecule has 10 heteroatoms. The summed E-state index contributed by atoms with van der Waals surface area (Å²) in [5.41, 5.74) is 2.12. The first kappa shape index (κ1) is 18.5. The van der Waals surface area contributed by atoms with E-state index in [0.717, 1.165) is 6.42 Å². The summed E-state index contributed by atoms with van der Waals surface area (Å²) in [6.45, 7) is 2.49. The van der Waals surface area contributed by atoms with Gasteiger partial charge in [-0.25, -0.2) is 4.79 Å². The summed E-state index contributed by atoms with van der Waals surface area (Å²) in [7, 11) is 0. The molecule has 0 spiro atoms. The second-order valence-electron chi connectivity index (χ2n) is 6.11. The van der Waals surface area contributed by atoms with Crippen LogP contribution < -0.4 is 11.1 Å². The lowest BCUT2D eigenvalue weighted by molar-refractivity contribution is 0.0910. The first-order chi connectivity index (χ1) is 13.5. The Hall–Kier alpha value is -2.91. The molecule has 4 aromatic rings. The Morgan fingerprint density at radius 1 is 1.36 bits per heavy atom. The topological polar surface area (TPSA) is 103 Å². The molecule has 3 heterocycles. The summed E-state index contributed by atoms with van der Waals surface area (Å²) in [5, 5.41) is 9.02. The highest BCUT2D eigenvalue weighted by molar-refractivity contribution is 7.10. The number of hydrogen-bond donors (Lipinski definition) is 1. The summed E-state index contributed by atoms with van der Waals surface area (Å²) in [6, 6.07) is 6.90. The van der Waals surface area contributed by atoms with Crippen molar-refractivity contribution in [2.45, 2.75) is 19.9 Å². The highest BCUT2D eigenvalue weighted by Gasteiger charge is 2.17. The van der Waals surface area contributed by atoms with E-state index in [0.29, 0.717) is 22.7 Å². The molecule has 144 valence electrons. The third kappa shape index (κ3) is 3.71. The van der Waals surface area contributed by atoms with Gasteiger partial charge in [0, 0.05) is 16.4 Å². The van der Waals surface area contributed by atoms with Crippen LogP contribution in [0, 0.1) is 6.92 Å². The number of amides is 1. The number of nitrogens with zero attached hydrogens (tertiary/aromatic N) is 3. The number of aryl methyl sites for hydroxylation is 1. The van der Waals surface area contributed by atoms with Gasteiger partial charge in [0.2, 0.25) is 0 Å². The van der Waals surface area contributed by atoms with Gasteiger partial charge in [0.25, 0.3) is 0 Å². The third-order valence-electron chi connectivity index (χ3n) is 4.20. The molecule has 0 aliphatic heterocycles. The van der Waals surface area contributed by atoms with E-state index in [1.165, 1.54) is 15.0 Å². The van der Waals surface area contributed by atoms with Gasteiger partial charge in [-0.05, 0) is 48.6 Å². The molecule has 0 aliphatic rings. The molecule has 28 heavy (non-hydrogen) atoms. The first-order valence-corrected chi connectivity index (χ1v) is 9.69. The third-order valence-corrected chi connectivity index (χ3v) is 5.51. The van der Waals surface area contributed by atoms with Crippen molar-refractivity contribution in [3.8, 4) is 0 Å². The van der Waals surface area contributed by atoms with Crippen LogP contribution in [-0.2, 0) is 13.0 Å². The normalized spacial score (nSPS) is 11.2. The van der Waals surface area contributed by atoms with E-state index in [2.05, 4.69) is 15.5 Å². The summed E-state index contributed by atoms with van der Waals surface area (Å²) in [5.74, 6) is -0.999. The Labute approximate surface area is 167 Å². The molecule has 0 atom stereocenters. The molecule has 1 N–H and O–H groups in total. The van der Waals surface area contributed by atoms with Gasteiger partial charge in [-0.3, -0.25) is 9.36 Å². The number of carbonyl (C=O) groups excluding carboxylic acids is 1. The minimum atomic E-state index is -0.570. The first-order valence-electron chi connectivity index (χ1n) is 8.44. The summed E-state index contributed by atoms with van der Waals surface area (Å²) in [6.07, 6.45) is 0.730. The minimum absolute atomic E-state index is 0.00263. The SMILES string of the molecule is Cc1ccsc1CCNC(=O)c1nc(Cn2c(=O)oc3ccc(Cl)cc32)no1. The zero-order valence-corrected chi connectivity index (χ0v) is 16.3. The van der Waals surface area contributed by atoms with Crippen LogP contribution in [0.5, 0.6) is 0 Å². The molecule has 1 aromatic carbocycles. The molecule has 8 nitrogen and oxygen atoms in total. The van der Waals surface area contributed by atoms with E-state index >= 15 is 0 Å².